The fraction of sp³-hybridized carbons (Fsp3) is 0.0769. The van der Waals surface area contributed by atoms with Gasteiger partial charge in [-0.1, -0.05) is 37.6 Å². The van der Waals surface area contributed by atoms with Crippen LogP contribution in [-0.4, -0.2) is 26.7 Å². The van der Waals surface area contributed by atoms with Crippen LogP contribution in [0.25, 0.3) is 10.9 Å². The van der Waals surface area contributed by atoms with Crippen LogP contribution >= 0.6 is 30.1 Å². The van der Waals surface area contributed by atoms with E-state index in [4.69, 9.17) is 0 Å². The third-order valence-corrected chi connectivity index (χ3v) is 6.08. The van der Waals surface area contributed by atoms with Crippen LogP contribution in [-0.2, 0) is 6.54 Å². The van der Waals surface area contributed by atoms with Gasteiger partial charge >= 0.3 is 0 Å². The second-order valence-corrected chi connectivity index (χ2v) is 9.01. The fourth-order valence-corrected chi connectivity index (χ4v) is 4.12. The van der Waals surface area contributed by atoms with Crippen LogP contribution in [0.2, 0.25) is 0 Å². The molecular weight excluding hydrogens is 559 g/mol. The molecule has 4 aromatic rings. The molecular formula is C26H19IN4O2S. The van der Waals surface area contributed by atoms with Crippen LogP contribution in [0.15, 0.2) is 72.9 Å². The smallest absolute Gasteiger partial charge is 0.261 e. The summed E-state index contributed by atoms with van der Waals surface area (Å²) in [6.45, 7) is 0.223. The van der Waals surface area contributed by atoms with Gasteiger partial charge in [0.1, 0.15) is 0 Å². The molecule has 0 spiro atoms. The van der Waals surface area contributed by atoms with Crippen molar-refractivity contribution < 1.29 is 9.59 Å². The molecule has 0 saturated heterocycles. The summed E-state index contributed by atoms with van der Waals surface area (Å²) in [5, 5.41) is 7.08. The lowest BCUT2D eigenvalue weighted by atomic mass is 10.1. The third kappa shape index (κ3) is 4.76. The Labute approximate surface area is 213 Å². The van der Waals surface area contributed by atoms with E-state index < -0.39 is 0 Å². The van der Waals surface area contributed by atoms with E-state index in [-0.39, 0.29) is 25.8 Å². The van der Waals surface area contributed by atoms with E-state index >= 15 is 0 Å². The summed E-state index contributed by atoms with van der Waals surface area (Å²) in [6, 6.07) is 20.2. The summed E-state index contributed by atoms with van der Waals surface area (Å²) in [4.78, 5) is 35.4. The quantitative estimate of drug-likeness (QED) is 0.177. The average Bonchev–Trinajstić information content (AvgIpc) is 3.09. The molecule has 1 aliphatic heterocycles. The van der Waals surface area contributed by atoms with Gasteiger partial charge < -0.3 is 5.32 Å². The monoisotopic (exact) mass is 578 g/mol. The van der Waals surface area contributed by atoms with Crippen molar-refractivity contribution in [2.75, 3.05) is 5.32 Å². The van der Waals surface area contributed by atoms with Crippen molar-refractivity contribution in [2.45, 2.75) is 14.0 Å². The van der Waals surface area contributed by atoms with Gasteiger partial charge in [-0.15, -0.1) is 0 Å². The van der Waals surface area contributed by atoms with E-state index in [1.165, 1.54) is 13.8 Å². The van der Waals surface area contributed by atoms with Gasteiger partial charge in [0, 0.05) is 44.0 Å². The number of aromatic nitrogens is 2. The molecule has 0 fully saturated rings. The second kappa shape index (κ2) is 10.2. The minimum atomic E-state index is -0.260. The standard InChI is InChI=1S/C25H15IN4O2S.CH4/c26-33-12-11-16-7-10-22-18(13-16)14-27-25(29-22)28-19-8-5-17(6-9-19)15-30-23(31)20-3-1-2-4-21(20)24(30)32;/h1-10,13-14H,15H2,(H,27,28,29);1H4. The molecule has 0 bridgehead atoms. The molecule has 0 radical (unpaired) electrons. The van der Waals surface area contributed by atoms with Gasteiger partial charge in [0.2, 0.25) is 5.95 Å². The van der Waals surface area contributed by atoms with Crippen molar-refractivity contribution in [3.8, 4) is 11.2 Å². The zero-order valence-electron chi connectivity index (χ0n) is 17.1. The molecule has 8 heteroatoms. The van der Waals surface area contributed by atoms with Gasteiger partial charge in [-0.2, -0.15) is 0 Å². The highest BCUT2D eigenvalue weighted by Crippen LogP contribution is 2.25. The van der Waals surface area contributed by atoms with Gasteiger partial charge in [-0.25, -0.2) is 9.97 Å². The lowest BCUT2D eigenvalue weighted by Crippen LogP contribution is -2.29. The minimum Gasteiger partial charge on any atom is -0.324 e. The number of anilines is 2. The highest BCUT2D eigenvalue weighted by atomic mass is 127. The maximum Gasteiger partial charge on any atom is 0.261 e. The van der Waals surface area contributed by atoms with Gasteiger partial charge in [0.15, 0.2) is 0 Å². The Hall–Kier alpha value is -3.42. The zero-order valence-corrected chi connectivity index (χ0v) is 20.1. The molecule has 0 aliphatic carbocycles. The van der Waals surface area contributed by atoms with Crippen molar-refractivity contribution in [1.29, 1.82) is 0 Å². The molecule has 3 aromatic carbocycles. The molecule has 0 atom stereocenters. The highest BCUT2D eigenvalue weighted by molar-refractivity contribution is 14.2. The Morgan fingerprint density at radius 2 is 1.68 bits per heavy atom. The summed E-state index contributed by atoms with van der Waals surface area (Å²) < 4.78 is 0. The molecule has 2 heterocycles. The number of hydrogen-bond donors (Lipinski definition) is 1. The summed E-state index contributed by atoms with van der Waals surface area (Å²) in [6.07, 6.45) is 1.77. The maximum atomic E-state index is 12.6. The first-order valence-corrected chi connectivity index (χ1v) is 13.3. The Morgan fingerprint density at radius 3 is 2.35 bits per heavy atom. The van der Waals surface area contributed by atoms with Crippen molar-refractivity contribution in [1.82, 2.24) is 14.9 Å². The van der Waals surface area contributed by atoms with Crippen molar-refractivity contribution >= 4 is 64.5 Å². The number of fused-ring (bicyclic) bond motifs is 2. The molecule has 168 valence electrons. The summed E-state index contributed by atoms with van der Waals surface area (Å²) in [5.41, 5.74) is 4.32. The Balaban J connectivity index is 0.00000274. The fourth-order valence-electron chi connectivity index (χ4n) is 3.64. The average molecular weight is 578 g/mol. The topological polar surface area (TPSA) is 75.2 Å². The number of carbonyl (C=O) groups is 2. The van der Waals surface area contributed by atoms with Gasteiger partial charge in [-0.05, 0) is 62.2 Å². The number of carbonyl (C=O) groups excluding carboxylic acids is 2. The molecule has 0 unspecified atom stereocenters. The molecule has 5 rings (SSSR count). The molecule has 1 aliphatic rings. The first-order chi connectivity index (χ1) is 16.1. The minimum absolute atomic E-state index is 0. The number of amides is 2. The summed E-state index contributed by atoms with van der Waals surface area (Å²) >= 11 is 2.14. The number of imide groups is 1. The van der Waals surface area contributed by atoms with Crippen molar-refractivity contribution in [3.63, 3.8) is 0 Å². The zero-order chi connectivity index (χ0) is 22.8. The van der Waals surface area contributed by atoms with E-state index in [1.54, 1.807) is 30.5 Å². The van der Waals surface area contributed by atoms with Crippen LogP contribution in [0, 0.1) is 11.2 Å². The Morgan fingerprint density at radius 1 is 0.971 bits per heavy atom. The maximum absolute atomic E-state index is 12.6. The van der Waals surface area contributed by atoms with Crippen LogP contribution < -0.4 is 5.32 Å². The van der Waals surface area contributed by atoms with Crippen LogP contribution in [0.5, 0.6) is 0 Å². The normalized spacial score (nSPS) is 12.1. The lowest BCUT2D eigenvalue weighted by molar-refractivity contribution is 0.0642. The molecule has 6 nitrogen and oxygen atoms in total. The van der Waals surface area contributed by atoms with E-state index in [1.807, 2.05) is 42.5 Å². The highest BCUT2D eigenvalue weighted by Gasteiger charge is 2.34. The number of halogens is 1. The third-order valence-electron chi connectivity index (χ3n) is 5.24. The molecule has 0 saturated carbocycles. The van der Waals surface area contributed by atoms with Crippen LogP contribution in [0.1, 0.15) is 39.3 Å². The van der Waals surface area contributed by atoms with E-state index in [0.29, 0.717) is 17.1 Å². The number of nitrogens with one attached hydrogen (secondary N) is 1. The van der Waals surface area contributed by atoms with E-state index in [9.17, 15) is 9.59 Å². The summed E-state index contributed by atoms with van der Waals surface area (Å²) in [7, 11) is 1.44. The number of nitrogens with zero attached hydrogens (tertiary/aromatic N) is 3. The Bertz CT molecular complexity index is 1430. The molecule has 1 N–H and O–H groups in total. The number of hydrogen-bond acceptors (Lipinski definition) is 6. The number of rotatable bonds is 4. The first kappa shape index (κ1) is 23.7. The number of benzene rings is 3. The molecule has 2 amide bonds. The van der Waals surface area contributed by atoms with Gasteiger partial charge in [0.25, 0.3) is 11.8 Å². The van der Waals surface area contributed by atoms with E-state index in [2.05, 4.69) is 47.7 Å². The van der Waals surface area contributed by atoms with Crippen LogP contribution in [0.4, 0.5) is 11.6 Å². The van der Waals surface area contributed by atoms with Crippen molar-refractivity contribution in [2.24, 2.45) is 0 Å². The first-order valence-electron chi connectivity index (χ1n) is 9.99. The van der Waals surface area contributed by atoms with Crippen molar-refractivity contribution in [3.05, 3.63) is 95.2 Å². The Kier molecular flexibility index (Phi) is 7.14. The lowest BCUT2D eigenvalue weighted by Gasteiger charge is -2.14. The SMILES string of the molecule is C.O=C1c2ccccc2C(=O)N1Cc1ccc(Nc2ncc3cc(C#CSI)ccc3n2)cc1. The largest absolute Gasteiger partial charge is 0.324 e. The predicted molar refractivity (Wildman–Crippen MR) is 145 cm³/mol. The van der Waals surface area contributed by atoms with E-state index in [0.717, 1.165) is 27.7 Å². The molecule has 1 aromatic heterocycles. The van der Waals surface area contributed by atoms with Gasteiger partial charge in [-0.3, -0.25) is 14.5 Å². The second-order valence-electron chi connectivity index (χ2n) is 7.34. The van der Waals surface area contributed by atoms with Crippen LogP contribution in [0.3, 0.4) is 0 Å². The summed E-state index contributed by atoms with van der Waals surface area (Å²) in [5.74, 6) is 3.04. The predicted octanol–water partition coefficient (Wildman–Crippen LogP) is 6.20. The van der Waals surface area contributed by atoms with Gasteiger partial charge in [0.05, 0.1) is 23.2 Å². The molecule has 34 heavy (non-hydrogen) atoms.